The molecule has 5 heteroatoms. The molecule has 0 unspecified atom stereocenters. The summed E-state index contributed by atoms with van der Waals surface area (Å²) in [6, 6.07) is 6.14. The largest absolute Gasteiger partial charge is 0.496 e. The van der Waals surface area contributed by atoms with E-state index in [1.807, 2.05) is 6.07 Å². The van der Waals surface area contributed by atoms with Gasteiger partial charge in [0.25, 0.3) is 0 Å². The second-order valence-electron chi connectivity index (χ2n) is 4.05. The van der Waals surface area contributed by atoms with Gasteiger partial charge in [-0.05, 0) is 40.2 Å². The molecule has 0 aliphatic carbocycles. The molecule has 0 heterocycles. The molecule has 1 aromatic carbocycles. The van der Waals surface area contributed by atoms with Crippen LogP contribution < -0.4 is 10.5 Å². The van der Waals surface area contributed by atoms with Crippen LogP contribution in [0.2, 0.25) is 0 Å². The van der Waals surface area contributed by atoms with Crippen molar-refractivity contribution in [2.24, 2.45) is 5.73 Å². The first kappa shape index (κ1) is 15.4. The molecule has 0 fully saturated rings. The highest BCUT2D eigenvalue weighted by Gasteiger charge is 2.06. The fourth-order valence-corrected chi connectivity index (χ4v) is 2.36. The molecule has 0 atom stereocenters. The lowest BCUT2D eigenvalue weighted by Crippen LogP contribution is -2.27. The van der Waals surface area contributed by atoms with Crippen molar-refractivity contribution in [3.63, 3.8) is 0 Å². The maximum Gasteiger partial charge on any atom is 0.133 e. The van der Waals surface area contributed by atoms with Gasteiger partial charge in [0.05, 0.1) is 16.6 Å². The van der Waals surface area contributed by atoms with Crippen LogP contribution in [0.15, 0.2) is 22.7 Å². The molecule has 0 amide bonds. The van der Waals surface area contributed by atoms with Gasteiger partial charge in [-0.3, -0.25) is 4.90 Å². The van der Waals surface area contributed by atoms with Gasteiger partial charge in [-0.15, -0.1) is 0 Å². The number of halogens is 1. The molecule has 2 N–H and O–H groups in total. The Hall–Kier alpha value is -0.650. The Morgan fingerprint density at radius 1 is 1.50 bits per heavy atom. The van der Waals surface area contributed by atoms with Crippen LogP contribution in [0, 0.1) is 0 Å². The molecule has 0 bridgehead atoms. The van der Waals surface area contributed by atoms with Crippen molar-refractivity contribution in [1.82, 2.24) is 4.90 Å². The number of nitrogens with two attached hydrogens (primary N) is 1. The number of thiocarbonyl (C=S) groups is 1. The highest BCUT2D eigenvalue weighted by molar-refractivity contribution is 9.10. The van der Waals surface area contributed by atoms with E-state index in [2.05, 4.69) is 39.9 Å². The van der Waals surface area contributed by atoms with E-state index in [1.165, 1.54) is 5.56 Å². The molecule has 0 radical (unpaired) electrons. The fourth-order valence-electron chi connectivity index (χ4n) is 1.68. The summed E-state index contributed by atoms with van der Waals surface area (Å²) in [5.74, 6) is 0.852. The molecule has 0 spiro atoms. The summed E-state index contributed by atoms with van der Waals surface area (Å²) in [7, 11) is 1.67. The Kier molecular flexibility index (Phi) is 6.60. The van der Waals surface area contributed by atoms with Crippen molar-refractivity contribution >= 4 is 33.1 Å². The lowest BCUT2D eigenvalue weighted by molar-refractivity contribution is 0.288. The van der Waals surface area contributed by atoms with E-state index in [-0.39, 0.29) is 0 Å². The van der Waals surface area contributed by atoms with Gasteiger partial charge in [-0.1, -0.05) is 25.2 Å². The summed E-state index contributed by atoms with van der Waals surface area (Å²) in [5, 5.41) is 0. The standard InChI is InChI=1S/C13H19BrN2OS/c1-3-16(7-6-13(15)18)9-10-4-5-12(17-2)11(14)8-10/h4-5,8H,3,6-7,9H2,1-2H3,(H2,15,18). The third-order valence-corrected chi connectivity index (χ3v) is 3.57. The minimum atomic E-state index is 0.573. The van der Waals surface area contributed by atoms with Gasteiger partial charge in [-0.25, -0.2) is 0 Å². The topological polar surface area (TPSA) is 38.5 Å². The van der Waals surface area contributed by atoms with Crippen molar-refractivity contribution in [1.29, 1.82) is 0 Å². The Bertz CT molecular complexity index is 412. The molecule has 0 aromatic heterocycles. The van der Waals surface area contributed by atoms with Crippen molar-refractivity contribution in [2.75, 3.05) is 20.2 Å². The van der Waals surface area contributed by atoms with E-state index >= 15 is 0 Å². The van der Waals surface area contributed by atoms with Gasteiger partial charge in [0, 0.05) is 19.5 Å². The molecule has 100 valence electrons. The number of ether oxygens (including phenoxy) is 1. The van der Waals surface area contributed by atoms with E-state index in [0.717, 1.165) is 36.3 Å². The van der Waals surface area contributed by atoms with Gasteiger partial charge in [-0.2, -0.15) is 0 Å². The quantitative estimate of drug-likeness (QED) is 0.780. The van der Waals surface area contributed by atoms with Crippen LogP contribution in [-0.2, 0) is 6.54 Å². The van der Waals surface area contributed by atoms with E-state index < -0.39 is 0 Å². The normalized spacial score (nSPS) is 10.7. The second-order valence-corrected chi connectivity index (χ2v) is 5.43. The number of nitrogens with zero attached hydrogens (tertiary/aromatic N) is 1. The third kappa shape index (κ3) is 4.92. The number of rotatable bonds is 7. The summed E-state index contributed by atoms with van der Waals surface area (Å²) in [5.41, 5.74) is 6.77. The first-order chi connectivity index (χ1) is 8.56. The second kappa shape index (κ2) is 7.71. The van der Waals surface area contributed by atoms with Gasteiger partial charge in [0.1, 0.15) is 5.75 Å². The monoisotopic (exact) mass is 330 g/mol. The van der Waals surface area contributed by atoms with Gasteiger partial charge < -0.3 is 10.5 Å². The Morgan fingerprint density at radius 2 is 2.22 bits per heavy atom. The molecule has 0 saturated carbocycles. The summed E-state index contributed by atoms with van der Waals surface area (Å²) >= 11 is 8.40. The number of hydrogen-bond acceptors (Lipinski definition) is 3. The van der Waals surface area contributed by atoms with Crippen LogP contribution in [0.25, 0.3) is 0 Å². The van der Waals surface area contributed by atoms with Crippen LogP contribution in [0.4, 0.5) is 0 Å². The maximum absolute atomic E-state index is 5.53. The van der Waals surface area contributed by atoms with Crippen LogP contribution in [0.1, 0.15) is 18.9 Å². The third-order valence-electron chi connectivity index (χ3n) is 2.74. The molecule has 3 nitrogen and oxygen atoms in total. The van der Waals surface area contributed by atoms with Crippen molar-refractivity contribution in [3.05, 3.63) is 28.2 Å². The first-order valence-corrected chi connectivity index (χ1v) is 7.10. The highest BCUT2D eigenvalue weighted by Crippen LogP contribution is 2.26. The zero-order chi connectivity index (χ0) is 13.5. The average molecular weight is 331 g/mol. The molecule has 0 aliphatic heterocycles. The molecule has 0 aliphatic rings. The van der Waals surface area contributed by atoms with Crippen molar-refractivity contribution < 1.29 is 4.74 Å². The molecule has 0 saturated heterocycles. The van der Waals surface area contributed by atoms with Crippen molar-refractivity contribution in [3.8, 4) is 5.75 Å². The molecule has 1 aromatic rings. The summed E-state index contributed by atoms with van der Waals surface area (Å²) < 4.78 is 6.20. The van der Waals surface area contributed by atoms with Gasteiger partial charge in [0.2, 0.25) is 0 Å². The zero-order valence-electron chi connectivity index (χ0n) is 10.8. The van der Waals surface area contributed by atoms with Crippen LogP contribution in [-0.4, -0.2) is 30.1 Å². The van der Waals surface area contributed by atoms with Gasteiger partial charge in [0.15, 0.2) is 0 Å². The molecular weight excluding hydrogens is 312 g/mol. The lowest BCUT2D eigenvalue weighted by atomic mass is 10.2. The Balaban J connectivity index is 2.64. The number of hydrogen-bond donors (Lipinski definition) is 1. The first-order valence-electron chi connectivity index (χ1n) is 5.90. The SMILES string of the molecule is CCN(CCC(N)=S)Cc1ccc(OC)c(Br)c1. The van der Waals surface area contributed by atoms with Crippen LogP contribution in [0.5, 0.6) is 5.75 Å². The highest BCUT2D eigenvalue weighted by atomic mass is 79.9. The smallest absolute Gasteiger partial charge is 0.133 e. The van der Waals surface area contributed by atoms with Crippen LogP contribution >= 0.6 is 28.1 Å². The minimum Gasteiger partial charge on any atom is -0.496 e. The summed E-state index contributed by atoms with van der Waals surface area (Å²) in [4.78, 5) is 2.89. The van der Waals surface area contributed by atoms with E-state index in [4.69, 9.17) is 22.7 Å². The Morgan fingerprint density at radius 3 is 2.72 bits per heavy atom. The maximum atomic E-state index is 5.53. The summed E-state index contributed by atoms with van der Waals surface area (Å²) in [6.45, 7) is 4.90. The van der Waals surface area contributed by atoms with Crippen molar-refractivity contribution in [2.45, 2.75) is 19.9 Å². The average Bonchev–Trinajstić information content (AvgIpc) is 2.34. The van der Waals surface area contributed by atoms with Gasteiger partial charge >= 0.3 is 0 Å². The minimum absolute atomic E-state index is 0.573. The lowest BCUT2D eigenvalue weighted by Gasteiger charge is -2.20. The predicted octanol–water partition coefficient (Wildman–Crippen LogP) is 2.96. The van der Waals surface area contributed by atoms with Crippen LogP contribution in [0.3, 0.4) is 0 Å². The molecular formula is C13H19BrN2OS. The summed E-state index contributed by atoms with van der Waals surface area (Å²) in [6.07, 6.45) is 0.764. The zero-order valence-corrected chi connectivity index (χ0v) is 13.2. The fraction of sp³-hybridized carbons (Fsp3) is 0.462. The Labute approximate surface area is 122 Å². The number of methoxy groups -OCH3 is 1. The molecule has 1 rings (SSSR count). The van der Waals surface area contributed by atoms with E-state index in [9.17, 15) is 0 Å². The predicted molar refractivity (Wildman–Crippen MR) is 83.0 cm³/mol. The van der Waals surface area contributed by atoms with E-state index in [1.54, 1.807) is 7.11 Å². The van der Waals surface area contributed by atoms with E-state index in [0.29, 0.717) is 4.99 Å². The molecule has 18 heavy (non-hydrogen) atoms. The number of benzene rings is 1.